The molecule has 2 radical (unpaired) electrons. The molecule has 4 heteroatoms. The Labute approximate surface area is 59.3 Å². The van der Waals surface area contributed by atoms with Gasteiger partial charge < -0.3 is 5.11 Å². The van der Waals surface area contributed by atoms with Crippen molar-refractivity contribution in [3.8, 4) is 0 Å². The summed E-state index contributed by atoms with van der Waals surface area (Å²) in [6.07, 6.45) is 0. The van der Waals surface area contributed by atoms with E-state index in [0.29, 0.717) is 0 Å². The first-order chi connectivity index (χ1) is 1.73. The zero-order valence-corrected chi connectivity index (χ0v) is 5.70. The number of hydrogen-bond acceptors (Lipinski definition) is 1. The number of rotatable bonds is 0. The molecule has 0 aliphatic heterocycles. The normalized spacial score (nSPS) is 4.17. The second-order valence-corrected chi connectivity index (χ2v) is 0.519. The van der Waals surface area contributed by atoms with Crippen LogP contribution in [0.3, 0.4) is 0 Å². The van der Waals surface area contributed by atoms with E-state index in [1.165, 1.54) is 0 Å². The summed E-state index contributed by atoms with van der Waals surface area (Å²) in [6.45, 7) is 1.08. The summed E-state index contributed by atoms with van der Waals surface area (Å²) < 4.78 is 0. The van der Waals surface area contributed by atoms with Gasteiger partial charge >= 0.3 is 0 Å². The van der Waals surface area contributed by atoms with Crippen LogP contribution < -0.4 is 0 Å². The Kier molecular flexibility index (Phi) is 24.3. The molecule has 0 heterocycles. The molecule has 0 rings (SSSR count). The van der Waals surface area contributed by atoms with Gasteiger partial charge in [0.25, 0.3) is 5.97 Å². The molecule has 0 aromatic carbocycles. The summed E-state index contributed by atoms with van der Waals surface area (Å²) in [5, 5.41) is 7.42. The maximum atomic E-state index is 9.00. The summed E-state index contributed by atoms with van der Waals surface area (Å²) in [4.78, 5) is 9.00. The molecule has 0 aliphatic rings. The fourth-order valence-electron chi connectivity index (χ4n) is 0. The number of carbonyl (C=O) groups is 1. The molecule has 0 saturated carbocycles. The third kappa shape index (κ3) is 166. The molecule has 0 atom stereocenters. The first kappa shape index (κ1) is 16.0. The van der Waals surface area contributed by atoms with Crippen LogP contribution >= 0.6 is 0 Å². The topological polar surface area (TPSA) is 37.3 Å². The predicted molar refractivity (Wildman–Crippen MR) is 13.3 cm³/mol. The molecule has 0 saturated heterocycles. The Bertz CT molecular complexity index is 34.5. The van der Waals surface area contributed by atoms with Crippen LogP contribution in [0.4, 0.5) is 0 Å². The fourth-order valence-corrected chi connectivity index (χ4v) is 0. The summed E-state index contributed by atoms with van der Waals surface area (Å²) in [7, 11) is 0. The molecule has 0 bridgehead atoms. The van der Waals surface area contributed by atoms with Gasteiger partial charge in [-0.15, -0.1) is 0 Å². The largest absolute Gasteiger partial charge is 0.481 e. The molecule has 42 valence electrons. The molecule has 0 aliphatic carbocycles. The van der Waals surface area contributed by atoms with Crippen LogP contribution in [-0.2, 0) is 41.1 Å². The van der Waals surface area contributed by atoms with E-state index < -0.39 is 5.97 Å². The van der Waals surface area contributed by atoms with Crippen molar-refractivity contribution in [1.29, 1.82) is 0 Å². The van der Waals surface area contributed by atoms with Crippen LogP contribution in [0.5, 0.6) is 0 Å². The molecule has 0 unspecified atom stereocenters. The van der Waals surface area contributed by atoms with Gasteiger partial charge in [0.1, 0.15) is 0 Å². The average Bonchev–Trinajstić information content (AvgIpc) is 0.811. The van der Waals surface area contributed by atoms with E-state index in [1.807, 2.05) is 0 Å². The molecular formula is C2H4CoO2Rh. The Morgan fingerprint density at radius 1 is 1.67 bits per heavy atom. The van der Waals surface area contributed by atoms with Crippen molar-refractivity contribution in [3.63, 3.8) is 0 Å². The van der Waals surface area contributed by atoms with Gasteiger partial charge in [-0.05, 0) is 0 Å². The molecule has 0 aromatic heterocycles. The third-order valence-corrected chi connectivity index (χ3v) is 0. The quantitative estimate of drug-likeness (QED) is 0.589. The van der Waals surface area contributed by atoms with Crippen molar-refractivity contribution in [2.45, 2.75) is 6.92 Å². The standard InChI is InChI=1S/C2H4O2.Co.Rh/c1-2(3)4;;/h1H3,(H,3,4);;. The minimum atomic E-state index is -0.833. The van der Waals surface area contributed by atoms with Crippen LogP contribution in [0.2, 0.25) is 0 Å². The van der Waals surface area contributed by atoms with Crippen LogP contribution in [0.1, 0.15) is 6.92 Å². The van der Waals surface area contributed by atoms with E-state index >= 15 is 0 Å². The van der Waals surface area contributed by atoms with Gasteiger partial charge in [-0.1, -0.05) is 0 Å². The van der Waals surface area contributed by atoms with E-state index in [4.69, 9.17) is 9.90 Å². The van der Waals surface area contributed by atoms with Gasteiger partial charge in [0.15, 0.2) is 0 Å². The van der Waals surface area contributed by atoms with Gasteiger partial charge in [-0.2, -0.15) is 0 Å². The van der Waals surface area contributed by atoms with Crippen LogP contribution in [-0.4, -0.2) is 11.1 Å². The number of aliphatic carboxylic acids is 1. The molecular weight excluding hydrogens is 218 g/mol. The number of hydrogen-bond donors (Lipinski definition) is 1. The maximum absolute atomic E-state index is 9.00. The summed E-state index contributed by atoms with van der Waals surface area (Å²) >= 11 is 0. The fraction of sp³-hybridized carbons (Fsp3) is 0.500. The zero-order valence-electron chi connectivity index (χ0n) is 3.02. The van der Waals surface area contributed by atoms with Crippen molar-refractivity contribution < 1.29 is 46.2 Å². The van der Waals surface area contributed by atoms with Crippen LogP contribution in [0.15, 0.2) is 0 Å². The Balaban J connectivity index is -0.0000000450. The first-order valence-electron chi connectivity index (χ1n) is 0.928. The van der Waals surface area contributed by atoms with Gasteiger partial charge in [0, 0.05) is 43.2 Å². The summed E-state index contributed by atoms with van der Waals surface area (Å²) in [5.41, 5.74) is 0. The second kappa shape index (κ2) is 9.14. The molecule has 2 nitrogen and oxygen atoms in total. The van der Waals surface area contributed by atoms with E-state index in [2.05, 4.69) is 0 Å². The van der Waals surface area contributed by atoms with E-state index in [0.717, 1.165) is 6.92 Å². The van der Waals surface area contributed by atoms with E-state index in [9.17, 15) is 0 Å². The van der Waals surface area contributed by atoms with Crippen molar-refractivity contribution in [1.82, 2.24) is 0 Å². The minimum Gasteiger partial charge on any atom is -0.481 e. The first-order valence-corrected chi connectivity index (χ1v) is 0.928. The average molecular weight is 222 g/mol. The molecule has 0 fully saturated rings. The molecule has 0 aromatic rings. The van der Waals surface area contributed by atoms with Gasteiger partial charge in [-0.3, -0.25) is 4.79 Å². The molecule has 0 amide bonds. The smallest absolute Gasteiger partial charge is 0.300 e. The van der Waals surface area contributed by atoms with Crippen molar-refractivity contribution in [3.05, 3.63) is 0 Å². The van der Waals surface area contributed by atoms with Crippen LogP contribution in [0, 0.1) is 0 Å². The monoisotopic (exact) mass is 222 g/mol. The maximum Gasteiger partial charge on any atom is 0.300 e. The van der Waals surface area contributed by atoms with E-state index in [1.54, 1.807) is 0 Å². The second-order valence-electron chi connectivity index (χ2n) is 0.519. The summed E-state index contributed by atoms with van der Waals surface area (Å²) in [5.74, 6) is -0.833. The van der Waals surface area contributed by atoms with Crippen LogP contribution in [0.25, 0.3) is 0 Å². The SMILES string of the molecule is CC(=O)O.[Co].[Rh]. The Morgan fingerprint density at radius 3 is 1.67 bits per heavy atom. The van der Waals surface area contributed by atoms with Gasteiger partial charge in [0.2, 0.25) is 0 Å². The molecule has 6 heavy (non-hydrogen) atoms. The minimum absolute atomic E-state index is 0. The Morgan fingerprint density at radius 2 is 1.67 bits per heavy atom. The molecule has 1 N–H and O–H groups in total. The predicted octanol–water partition coefficient (Wildman–Crippen LogP) is 0.0859. The van der Waals surface area contributed by atoms with Crippen molar-refractivity contribution >= 4 is 5.97 Å². The van der Waals surface area contributed by atoms with Crippen molar-refractivity contribution in [2.24, 2.45) is 0 Å². The van der Waals surface area contributed by atoms with Gasteiger partial charge in [-0.25, -0.2) is 0 Å². The zero-order chi connectivity index (χ0) is 3.58. The molecule has 0 spiro atoms. The van der Waals surface area contributed by atoms with Crippen molar-refractivity contribution in [2.75, 3.05) is 0 Å². The van der Waals surface area contributed by atoms with Gasteiger partial charge in [0.05, 0.1) is 0 Å². The number of carboxylic acids is 1. The number of carboxylic acid groups (broad SMARTS) is 1. The Hall–Kier alpha value is 0.600. The summed E-state index contributed by atoms with van der Waals surface area (Å²) in [6, 6.07) is 0. The third-order valence-electron chi connectivity index (χ3n) is 0. The van der Waals surface area contributed by atoms with E-state index in [-0.39, 0.29) is 36.3 Å².